The van der Waals surface area contributed by atoms with Crippen molar-refractivity contribution in [1.29, 1.82) is 0 Å². The van der Waals surface area contributed by atoms with Crippen LogP contribution in [0.3, 0.4) is 0 Å². The molecule has 1 aromatic rings. The molecule has 0 saturated carbocycles. The molecular weight excluding hydrogens is 234 g/mol. The highest BCUT2D eigenvalue weighted by Crippen LogP contribution is 2.19. The van der Waals surface area contributed by atoms with Crippen LogP contribution in [0.1, 0.15) is 6.42 Å². The molecule has 1 rings (SSSR count). The smallest absolute Gasteiger partial charge is 0.252 e. The first-order valence-corrected chi connectivity index (χ1v) is 6.90. The van der Waals surface area contributed by atoms with Crippen LogP contribution in [-0.2, 0) is 14.8 Å². The SMILES string of the molecule is COCCCN(C)S(=O)(=O)c1cccs1. The molecule has 0 bridgehead atoms. The van der Waals surface area contributed by atoms with E-state index in [1.54, 1.807) is 31.7 Å². The first kappa shape index (κ1) is 12.6. The van der Waals surface area contributed by atoms with Gasteiger partial charge < -0.3 is 4.74 Å². The summed E-state index contributed by atoms with van der Waals surface area (Å²) >= 11 is 1.24. The van der Waals surface area contributed by atoms with Crippen molar-refractivity contribution in [2.75, 3.05) is 27.3 Å². The predicted molar refractivity (Wildman–Crippen MR) is 60.6 cm³/mol. The van der Waals surface area contributed by atoms with E-state index in [9.17, 15) is 8.42 Å². The fourth-order valence-electron chi connectivity index (χ4n) is 1.12. The van der Waals surface area contributed by atoms with Crippen LogP contribution in [0.4, 0.5) is 0 Å². The summed E-state index contributed by atoms with van der Waals surface area (Å²) < 4.78 is 30.4. The second-order valence-electron chi connectivity index (χ2n) is 3.11. The zero-order chi connectivity index (χ0) is 11.3. The van der Waals surface area contributed by atoms with Gasteiger partial charge in [-0.2, -0.15) is 0 Å². The van der Waals surface area contributed by atoms with E-state index >= 15 is 0 Å². The van der Waals surface area contributed by atoms with E-state index < -0.39 is 10.0 Å². The van der Waals surface area contributed by atoms with Gasteiger partial charge in [-0.15, -0.1) is 11.3 Å². The van der Waals surface area contributed by atoms with Crippen molar-refractivity contribution in [3.63, 3.8) is 0 Å². The summed E-state index contributed by atoms with van der Waals surface area (Å²) in [6.07, 6.45) is 0.706. The van der Waals surface area contributed by atoms with Gasteiger partial charge in [0.15, 0.2) is 0 Å². The summed E-state index contributed by atoms with van der Waals surface area (Å²) in [4.78, 5) is 0. The fourth-order valence-corrected chi connectivity index (χ4v) is 3.53. The van der Waals surface area contributed by atoms with Crippen LogP contribution in [0, 0.1) is 0 Å². The Balaban J connectivity index is 2.62. The van der Waals surface area contributed by atoms with Crippen LogP contribution in [0.15, 0.2) is 21.7 Å². The van der Waals surface area contributed by atoms with Crippen LogP contribution in [0.2, 0.25) is 0 Å². The highest BCUT2D eigenvalue weighted by atomic mass is 32.2. The third-order valence-electron chi connectivity index (χ3n) is 1.98. The molecule has 6 heteroatoms. The van der Waals surface area contributed by atoms with Crippen molar-refractivity contribution in [2.45, 2.75) is 10.6 Å². The van der Waals surface area contributed by atoms with Gasteiger partial charge in [0.25, 0.3) is 10.0 Å². The summed E-state index contributed by atoms with van der Waals surface area (Å²) in [5.41, 5.74) is 0. The number of methoxy groups -OCH3 is 1. The lowest BCUT2D eigenvalue weighted by molar-refractivity contribution is 0.189. The van der Waals surface area contributed by atoms with Crippen molar-refractivity contribution in [2.24, 2.45) is 0 Å². The van der Waals surface area contributed by atoms with Gasteiger partial charge in [-0.25, -0.2) is 12.7 Å². The molecule has 1 heterocycles. The Hall–Kier alpha value is -0.430. The van der Waals surface area contributed by atoms with E-state index in [4.69, 9.17) is 4.74 Å². The number of nitrogens with zero attached hydrogens (tertiary/aromatic N) is 1. The molecule has 0 radical (unpaired) electrons. The van der Waals surface area contributed by atoms with Crippen molar-refractivity contribution < 1.29 is 13.2 Å². The molecule has 0 aliphatic rings. The quantitative estimate of drug-likeness (QED) is 0.716. The van der Waals surface area contributed by atoms with Gasteiger partial charge in [0, 0.05) is 27.3 Å². The predicted octanol–water partition coefficient (Wildman–Crippen LogP) is 1.41. The number of hydrogen-bond donors (Lipinski definition) is 0. The molecule has 0 fully saturated rings. The molecule has 0 spiro atoms. The normalized spacial score (nSPS) is 12.2. The molecule has 0 aliphatic carbocycles. The monoisotopic (exact) mass is 249 g/mol. The fraction of sp³-hybridized carbons (Fsp3) is 0.556. The second-order valence-corrected chi connectivity index (χ2v) is 6.32. The Morgan fingerprint density at radius 1 is 1.53 bits per heavy atom. The van der Waals surface area contributed by atoms with Gasteiger partial charge in [0.05, 0.1) is 0 Å². The highest BCUT2D eigenvalue weighted by molar-refractivity contribution is 7.91. The summed E-state index contributed by atoms with van der Waals surface area (Å²) in [6, 6.07) is 3.35. The maximum Gasteiger partial charge on any atom is 0.252 e. The van der Waals surface area contributed by atoms with Gasteiger partial charge >= 0.3 is 0 Å². The maximum atomic E-state index is 11.9. The lowest BCUT2D eigenvalue weighted by Crippen LogP contribution is -2.27. The number of thiophene rings is 1. The van der Waals surface area contributed by atoms with Gasteiger partial charge in [-0.1, -0.05) is 6.07 Å². The standard InChI is InChI=1S/C9H15NO3S2/c1-10(6-4-7-13-2)15(11,12)9-5-3-8-14-9/h3,5,8H,4,6-7H2,1-2H3. The zero-order valence-electron chi connectivity index (χ0n) is 8.84. The Labute approximate surface area is 94.5 Å². The zero-order valence-corrected chi connectivity index (χ0v) is 10.5. The van der Waals surface area contributed by atoms with Crippen LogP contribution in [0.25, 0.3) is 0 Å². The Kier molecular flexibility index (Phi) is 4.72. The molecule has 0 aliphatic heterocycles. The molecule has 0 aromatic carbocycles. The summed E-state index contributed by atoms with van der Waals surface area (Å²) in [5, 5.41) is 1.76. The first-order chi connectivity index (χ1) is 7.09. The number of hydrogen-bond acceptors (Lipinski definition) is 4. The van der Waals surface area contributed by atoms with Crippen molar-refractivity contribution in [3.8, 4) is 0 Å². The molecule has 0 atom stereocenters. The summed E-state index contributed by atoms with van der Waals surface area (Å²) in [5.74, 6) is 0. The van der Waals surface area contributed by atoms with Crippen LogP contribution in [0.5, 0.6) is 0 Å². The van der Waals surface area contributed by atoms with Crippen molar-refractivity contribution >= 4 is 21.4 Å². The Morgan fingerprint density at radius 3 is 2.80 bits per heavy atom. The van der Waals surface area contributed by atoms with Crippen LogP contribution < -0.4 is 0 Å². The molecule has 0 saturated heterocycles. The maximum absolute atomic E-state index is 11.9. The van der Waals surface area contributed by atoms with E-state index in [0.717, 1.165) is 0 Å². The van der Waals surface area contributed by atoms with Gasteiger partial charge in [0.2, 0.25) is 0 Å². The van der Waals surface area contributed by atoms with Crippen LogP contribution >= 0.6 is 11.3 Å². The largest absolute Gasteiger partial charge is 0.385 e. The van der Waals surface area contributed by atoms with Gasteiger partial charge in [0.1, 0.15) is 4.21 Å². The lowest BCUT2D eigenvalue weighted by atomic mass is 10.5. The average molecular weight is 249 g/mol. The molecule has 15 heavy (non-hydrogen) atoms. The first-order valence-electron chi connectivity index (χ1n) is 4.58. The van der Waals surface area contributed by atoms with E-state index in [1.807, 2.05) is 0 Å². The molecule has 0 N–H and O–H groups in total. The van der Waals surface area contributed by atoms with E-state index in [1.165, 1.54) is 15.6 Å². The van der Waals surface area contributed by atoms with E-state index in [2.05, 4.69) is 0 Å². The Bertz CT molecular complexity index is 372. The minimum absolute atomic E-state index is 0.391. The number of ether oxygens (including phenoxy) is 1. The minimum atomic E-state index is -3.28. The number of sulfonamides is 1. The van der Waals surface area contributed by atoms with E-state index in [-0.39, 0.29) is 0 Å². The third kappa shape index (κ3) is 3.27. The molecule has 1 aromatic heterocycles. The van der Waals surface area contributed by atoms with E-state index in [0.29, 0.717) is 23.8 Å². The number of rotatable bonds is 6. The molecular formula is C9H15NO3S2. The summed E-state index contributed by atoms with van der Waals surface area (Å²) in [6.45, 7) is 1.05. The minimum Gasteiger partial charge on any atom is -0.385 e. The van der Waals surface area contributed by atoms with Crippen molar-refractivity contribution in [3.05, 3.63) is 17.5 Å². The van der Waals surface area contributed by atoms with Crippen molar-refractivity contribution in [1.82, 2.24) is 4.31 Å². The lowest BCUT2D eigenvalue weighted by Gasteiger charge is -2.15. The highest BCUT2D eigenvalue weighted by Gasteiger charge is 2.20. The molecule has 86 valence electrons. The van der Waals surface area contributed by atoms with Crippen LogP contribution in [-0.4, -0.2) is 40.0 Å². The third-order valence-corrected chi connectivity index (χ3v) is 5.21. The summed E-state index contributed by atoms with van der Waals surface area (Å²) in [7, 11) is -0.0869. The molecule has 0 amide bonds. The second kappa shape index (κ2) is 5.60. The topological polar surface area (TPSA) is 46.6 Å². The molecule has 0 unspecified atom stereocenters. The van der Waals surface area contributed by atoms with Gasteiger partial charge in [-0.05, 0) is 17.9 Å². The molecule has 4 nitrogen and oxygen atoms in total. The van der Waals surface area contributed by atoms with Gasteiger partial charge in [-0.3, -0.25) is 0 Å². The Morgan fingerprint density at radius 2 is 2.27 bits per heavy atom. The average Bonchev–Trinajstić information content (AvgIpc) is 2.71.